The van der Waals surface area contributed by atoms with E-state index in [1.165, 1.54) is 0 Å². The Morgan fingerprint density at radius 3 is 3.10 bits per heavy atom. The molecule has 20 heavy (non-hydrogen) atoms. The molecule has 106 valence electrons. The van der Waals surface area contributed by atoms with Gasteiger partial charge < -0.3 is 9.80 Å². The number of benzene rings is 1. The van der Waals surface area contributed by atoms with E-state index < -0.39 is 0 Å². The first-order valence-electron chi connectivity index (χ1n) is 7.04. The molecule has 1 N–H and O–H groups in total. The zero-order valence-electron chi connectivity index (χ0n) is 12.0. The van der Waals surface area contributed by atoms with Crippen molar-refractivity contribution in [1.29, 1.82) is 0 Å². The Hall–Kier alpha value is -1.88. The Labute approximate surface area is 118 Å². The number of piperidine rings is 1. The van der Waals surface area contributed by atoms with Crippen LogP contribution >= 0.6 is 0 Å². The highest BCUT2D eigenvalue weighted by Crippen LogP contribution is 2.19. The average Bonchev–Trinajstić information content (AvgIpc) is 2.94. The van der Waals surface area contributed by atoms with Crippen LogP contribution in [-0.4, -0.2) is 59.1 Å². The summed E-state index contributed by atoms with van der Waals surface area (Å²) < 4.78 is 0. The number of likely N-dealkylation sites (tertiary alicyclic amines) is 1. The van der Waals surface area contributed by atoms with Crippen molar-refractivity contribution in [2.75, 3.05) is 27.2 Å². The zero-order chi connectivity index (χ0) is 14.1. The van der Waals surface area contributed by atoms with Gasteiger partial charge in [-0.3, -0.25) is 9.89 Å². The van der Waals surface area contributed by atoms with Crippen molar-refractivity contribution in [2.24, 2.45) is 0 Å². The number of likely N-dealkylation sites (N-methyl/N-ethyl adjacent to an activating group) is 1. The van der Waals surface area contributed by atoms with Crippen LogP contribution < -0.4 is 0 Å². The lowest BCUT2D eigenvalue weighted by Crippen LogP contribution is -2.47. The number of H-pyrrole nitrogens is 1. The SMILES string of the molecule is CN(C)C1CCCN(C(=O)c2ccc3cn[nH]c3c2)C1. The predicted molar refractivity (Wildman–Crippen MR) is 78.7 cm³/mol. The van der Waals surface area contributed by atoms with E-state index in [0.29, 0.717) is 6.04 Å². The van der Waals surface area contributed by atoms with Gasteiger partial charge in [-0.05, 0) is 39.1 Å². The molecule has 1 atom stereocenters. The summed E-state index contributed by atoms with van der Waals surface area (Å²) in [7, 11) is 4.16. The smallest absolute Gasteiger partial charge is 0.253 e. The highest BCUT2D eigenvalue weighted by Gasteiger charge is 2.25. The normalized spacial score (nSPS) is 19.8. The topological polar surface area (TPSA) is 52.2 Å². The van der Waals surface area contributed by atoms with Gasteiger partial charge in [0.15, 0.2) is 0 Å². The molecule has 5 heteroatoms. The van der Waals surface area contributed by atoms with Gasteiger partial charge in [0.1, 0.15) is 0 Å². The number of fused-ring (bicyclic) bond motifs is 1. The molecule has 1 unspecified atom stereocenters. The van der Waals surface area contributed by atoms with E-state index in [9.17, 15) is 4.79 Å². The third-order valence-electron chi connectivity index (χ3n) is 4.10. The summed E-state index contributed by atoms with van der Waals surface area (Å²) >= 11 is 0. The molecule has 1 aliphatic heterocycles. The highest BCUT2D eigenvalue weighted by molar-refractivity contribution is 5.97. The first-order valence-corrected chi connectivity index (χ1v) is 7.04. The molecule has 1 aromatic heterocycles. The third-order valence-corrected chi connectivity index (χ3v) is 4.10. The van der Waals surface area contributed by atoms with E-state index in [1.54, 1.807) is 6.20 Å². The van der Waals surface area contributed by atoms with Crippen molar-refractivity contribution < 1.29 is 4.79 Å². The van der Waals surface area contributed by atoms with Crippen LogP contribution in [0, 0.1) is 0 Å². The van der Waals surface area contributed by atoms with E-state index in [4.69, 9.17) is 0 Å². The van der Waals surface area contributed by atoms with Crippen LogP contribution in [0.2, 0.25) is 0 Å². The molecule has 0 spiro atoms. The maximum atomic E-state index is 12.6. The summed E-state index contributed by atoms with van der Waals surface area (Å²) in [4.78, 5) is 16.8. The van der Waals surface area contributed by atoms with Crippen LogP contribution in [0.25, 0.3) is 10.9 Å². The van der Waals surface area contributed by atoms with Gasteiger partial charge in [0, 0.05) is 30.1 Å². The largest absolute Gasteiger partial charge is 0.337 e. The second kappa shape index (κ2) is 5.25. The first kappa shape index (κ1) is 13.1. The maximum Gasteiger partial charge on any atom is 0.253 e. The van der Waals surface area contributed by atoms with Gasteiger partial charge in [0.25, 0.3) is 5.91 Å². The summed E-state index contributed by atoms with van der Waals surface area (Å²) in [6, 6.07) is 6.19. The van der Waals surface area contributed by atoms with Crippen LogP contribution in [0.3, 0.4) is 0 Å². The number of aromatic amines is 1. The second-order valence-electron chi connectivity index (χ2n) is 5.68. The van der Waals surface area contributed by atoms with E-state index in [0.717, 1.165) is 42.4 Å². The summed E-state index contributed by atoms with van der Waals surface area (Å²) in [6.07, 6.45) is 4.00. The Balaban J connectivity index is 1.80. The lowest BCUT2D eigenvalue weighted by atomic mass is 10.0. The number of carbonyl (C=O) groups excluding carboxylic acids is 1. The zero-order valence-corrected chi connectivity index (χ0v) is 12.0. The summed E-state index contributed by atoms with van der Waals surface area (Å²) in [5, 5.41) is 7.94. The number of amides is 1. The molecule has 0 aliphatic carbocycles. The molecule has 1 fully saturated rings. The van der Waals surface area contributed by atoms with Crippen molar-refractivity contribution in [3.05, 3.63) is 30.0 Å². The van der Waals surface area contributed by atoms with Crippen LogP contribution in [-0.2, 0) is 0 Å². The fourth-order valence-electron chi connectivity index (χ4n) is 2.81. The fraction of sp³-hybridized carbons (Fsp3) is 0.467. The minimum atomic E-state index is 0.119. The number of hydrogen-bond donors (Lipinski definition) is 1. The molecule has 2 aromatic rings. The molecule has 1 saturated heterocycles. The minimum Gasteiger partial charge on any atom is -0.337 e. The minimum absolute atomic E-state index is 0.119. The number of aromatic nitrogens is 2. The number of hydrogen-bond acceptors (Lipinski definition) is 3. The van der Waals surface area contributed by atoms with E-state index in [1.807, 2.05) is 23.1 Å². The number of nitrogens with one attached hydrogen (secondary N) is 1. The van der Waals surface area contributed by atoms with Crippen LogP contribution in [0.4, 0.5) is 0 Å². The van der Waals surface area contributed by atoms with Crippen LogP contribution in [0.5, 0.6) is 0 Å². The van der Waals surface area contributed by atoms with Crippen LogP contribution in [0.1, 0.15) is 23.2 Å². The molecule has 1 aliphatic rings. The standard InChI is InChI=1S/C15H20N4O/c1-18(2)13-4-3-7-19(10-13)15(20)11-5-6-12-9-16-17-14(12)8-11/h5-6,8-9,13H,3-4,7,10H2,1-2H3,(H,16,17). The second-order valence-corrected chi connectivity index (χ2v) is 5.68. The van der Waals surface area contributed by atoms with Gasteiger partial charge in [0.05, 0.1) is 11.7 Å². The molecule has 1 amide bonds. The molecule has 0 bridgehead atoms. The van der Waals surface area contributed by atoms with Crippen LogP contribution in [0.15, 0.2) is 24.4 Å². The fourth-order valence-corrected chi connectivity index (χ4v) is 2.81. The van der Waals surface area contributed by atoms with Gasteiger partial charge in [-0.25, -0.2) is 0 Å². The van der Waals surface area contributed by atoms with Gasteiger partial charge in [-0.1, -0.05) is 6.07 Å². The highest BCUT2D eigenvalue weighted by atomic mass is 16.2. The quantitative estimate of drug-likeness (QED) is 0.906. The molecule has 2 heterocycles. The summed E-state index contributed by atoms with van der Waals surface area (Å²) in [5.41, 5.74) is 1.65. The van der Waals surface area contributed by atoms with E-state index in [-0.39, 0.29) is 5.91 Å². The molecule has 0 radical (unpaired) electrons. The van der Waals surface area contributed by atoms with Crippen molar-refractivity contribution in [2.45, 2.75) is 18.9 Å². The number of rotatable bonds is 2. The summed E-state index contributed by atoms with van der Waals surface area (Å²) in [6.45, 7) is 1.66. The monoisotopic (exact) mass is 272 g/mol. The van der Waals surface area contributed by atoms with Gasteiger partial charge >= 0.3 is 0 Å². The Morgan fingerprint density at radius 1 is 1.45 bits per heavy atom. The maximum absolute atomic E-state index is 12.6. The lowest BCUT2D eigenvalue weighted by molar-refractivity contribution is 0.0635. The Kier molecular flexibility index (Phi) is 3.44. The van der Waals surface area contributed by atoms with Gasteiger partial charge in [0.2, 0.25) is 0 Å². The first-order chi connectivity index (χ1) is 9.65. The van der Waals surface area contributed by atoms with Crippen molar-refractivity contribution in [3.63, 3.8) is 0 Å². The average molecular weight is 272 g/mol. The number of nitrogens with zero attached hydrogens (tertiary/aromatic N) is 3. The third kappa shape index (κ3) is 2.41. The van der Waals surface area contributed by atoms with Crippen molar-refractivity contribution in [3.8, 4) is 0 Å². The molecule has 3 rings (SSSR count). The Morgan fingerprint density at radius 2 is 2.30 bits per heavy atom. The van der Waals surface area contributed by atoms with Gasteiger partial charge in [-0.15, -0.1) is 0 Å². The molecule has 1 aromatic carbocycles. The number of carbonyl (C=O) groups is 1. The summed E-state index contributed by atoms with van der Waals surface area (Å²) in [5.74, 6) is 0.119. The van der Waals surface area contributed by atoms with Gasteiger partial charge in [-0.2, -0.15) is 5.10 Å². The lowest BCUT2D eigenvalue weighted by Gasteiger charge is -2.36. The molecule has 0 saturated carbocycles. The van der Waals surface area contributed by atoms with E-state index >= 15 is 0 Å². The molecular weight excluding hydrogens is 252 g/mol. The van der Waals surface area contributed by atoms with Crippen molar-refractivity contribution >= 4 is 16.8 Å². The predicted octanol–water partition coefficient (Wildman–Crippen LogP) is 1.73. The van der Waals surface area contributed by atoms with Crippen molar-refractivity contribution in [1.82, 2.24) is 20.0 Å². The Bertz CT molecular complexity index is 619. The van der Waals surface area contributed by atoms with E-state index in [2.05, 4.69) is 29.2 Å². The molecular formula is C15H20N4O. The molecule has 5 nitrogen and oxygen atoms in total.